The van der Waals surface area contributed by atoms with Gasteiger partial charge in [-0.05, 0) is 17.7 Å². The van der Waals surface area contributed by atoms with Crippen molar-refractivity contribution in [3.8, 4) is 5.75 Å². The zero-order valence-electron chi connectivity index (χ0n) is 12.9. The molecule has 1 aliphatic rings. The highest BCUT2D eigenvalue weighted by molar-refractivity contribution is 5.29. The Morgan fingerprint density at radius 2 is 2.05 bits per heavy atom. The van der Waals surface area contributed by atoms with Gasteiger partial charge < -0.3 is 14.8 Å². The number of benzene rings is 1. The van der Waals surface area contributed by atoms with E-state index in [9.17, 15) is 4.39 Å². The Morgan fingerprint density at radius 3 is 2.76 bits per heavy atom. The molecule has 1 aromatic carbocycles. The molecule has 4 nitrogen and oxygen atoms in total. The summed E-state index contributed by atoms with van der Waals surface area (Å²) in [5.74, 6) is 0.350. The van der Waals surface area contributed by atoms with Crippen molar-refractivity contribution in [3.05, 3.63) is 29.6 Å². The molecule has 0 atom stereocenters. The molecule has 21 heavy (non-hydrogen) atoms. The number of rotatable bonds is 7. The van der Waals surface area contributed by atoms with Crippen LogP contribution in [0.3, 0.4) is 0 Å². The number of halogens is 1. The lowest BCUT2D eigenvalue weighted by Gasteiger charge is -2.26. The van der Waals surface area contributed by atoms with Gasteiger partial charge in [0.15, 0.2) is 0 Å². The van der Waals surface area contributed by atoms with Crippen molar-refractivity contribution >= 4 is 0 Å². The van der Waals surface area contributed by atoms with E-state index in [-0.39, 0.29) is 5.82 Å². The second-order valence-electron chi connectivity index (χ2n) is 5.63. The van der Waals surface area contributed by atoms with Gasteiger partial charge in [0.2, 0.25) is 0 Å². The van der Waals surface area contributed by atoms with Crippen LogP contribution in [-0.2, 0) is 11.3 Å². The van der Waals surface area contributed by atoms with Crippen molar-refractivity contribution in [2.45, 2.75) is 26.4 Å². The van der Waals surface area contributed by atoms with E-state index in [0.29, 0.717) is 24.9 Å². The first-order valence-electron chi connectivity index (χ1n) is 7.59. The van der Waals surface area contributed by atoms with E-state index >= 15 is 0 Å². The first kappa shape index (κ1) is 16.2. The van der Waals surface area contributed by atoms with Gasteiger partial charge in [0.05, 0.1) is 13.2 Å². The molecule has 1 aliphatic heterocycles. The molecule has 1 N–H and O–H groups in total. The van der Waals surface area contributed by atoms with E-state index in [1.807, 2.05) is 6.07 Å². The van der Waals surface area contributed by atoms with Crippen molar-refractivity contribution in [1.29, 1.82) is 0 Å². The maximum Gasteiger partial charge on any atom is 0.127 e. The van der Waals surface area contributed by atoms with Crippen molar-refractivity contribution in [3.63, 3.8) is 0 Å². The molecule has 0 amide bonds. The number of morpholine rings is 1. The highest BCUT2D eigenvalue weighted by atomic mass is 19.1. The highest BCUT2D eigenvalue weighted by Crippen LogP contribution is 2.16. The third-order valence-corrected chi connectivity index (χ3v) is 3.43. The number of nitrogens with one attached hydrogen (secondary N) is 1. The van der Waals surface area contributed by atoms with Crippen molar-refractivity contribution in [1.82, 2.24) is 10.2 Å². The van der Waals surface area contributed by atoms with Crippen molar-refractivity contribution in [2.24, 2.45) is 0 Å². The zero-order valence-corrected chi connectivity index (χ0v) is 12.9. The van der Waals surface area contributed by atoms with Crippen LogP contribution in [0.2, 0.25) is 0 Å². The van der Waals surface area contributed by atoms with Crippen LogP contribution in [0.15, 0.2) is 18.2 Å². The molecule has 118 valence electrons. The summed E-state index contributed by atoms with van der Waals surface area (Å²) in [5, 5.41) is 3.28. The molecule has 0 unspecified atom stereocenters. The minimum atomic E-state index is -0.251. The third-order valence-electron chi connectivity index (χ3n) is 3.43. The molecular weight excluding hydrogens is 271 g/mol. The van der Waals surface area contributed by atoms with Gasteiger partial charge in [-0.3, -0.25) is 4.90 Å². The predicted octanol–water partition coefficient (Wildman–Crippen LogP) is 2.03. The summed E-state index contributed by atoms with van der Waals surface area (Å²) in [4.78, 5) is 2.30. The van der Waals surface area contributed by atoms with Gasteiger partial charge in [0.1, 0.15) is 18.2 Å². The first-order valence-corrected chi connectivity index (χ1v) is 7.59. The molecule has 0 aliphatic carbocycles. The fourth-order valence-electron chi connectivity index (χ4n) is 2.25. The van der Waals surface area contributed by atoms with Crippen LogP contribution in [0.5, 0.6) is 5.75 Å². The van der Waals surface area contributed by atoms with Gasteiger partial charge >= 0.3 is 0 Å². The van der Waals surface area contributed by atoms with E-state index in [0.717, 1.165) is 38.4 Å². The molecule has 0 radical (unpaired) electrons. The lowest BCUT2D eigenvalue weighted by Crippen LogP contribution is -2.38. The number of ether oxygens (including phenoxy) is 2. The fraction of sp³-hybridized carbons (Fsp3) is 0.625. The van der Waals surface area contributed by atoms with Gasteiger partial charge in [-0.15, -0.1) is 0 Å². The summed E-state index contributed by atoms with van der Waals surface area (Å²) >= 11 is 0. The van der Waals surface area contributed by atoms with Crippen LogP contribution in [0.1, 0.15) is 19.4 Å². The second kappa shape index (κ2) is 8.32. The van der Waals surface area contributed by atoms with Gasteiger partial charge in [-0.2, -0.15) is 0 Å². The standard InChI is InChI=1S/C16H25FN2O2/c1-13(2)18-12-14-9-15(17)11-16(10-14)21-8-5-19-3-6-20-7-4-19/h9-11,13,18H,3-8,12H2,1-2H3. The first-order chi connectivity index (χ1) is 10.1. The van der Waals surface area contributed by atoms with Gasteiger partial charge in [0.25, 0.3) is 0 Å². The Hall–Kier alpha value is -1.17. The van der Waals surface area contributed by atoms with Crippen LogP contribution >= 0.6 is 0 Å². The Morgan fingerprint density at radius 1 is 1.29 bits per heavy atom. The smallest absolute Gasteiger partial charge is 0.127 e. The highest BCUT2D eigenvalue weighted by Gasteiger charge is 2.10. The molecule has 0 aromatic heterocycles. The molecule has 1 saturated heterocycles. The largest absolute Gasteiger partial charge is 0.492 e. The Bertz CT molecular complexity index is 434. The third kappa shape index (κ3) is 5.99. The minimum absolute atomic E-state index is 0.251. The summed E-state index contributed by atoms with van der Waals surface area (Å²) in [6.07, 6.45) is 0. The summed E-state index contributed by atoms with van der Waals surface area (Å²) in [5.41, 5.74) is 0.907. The fourth-order valence-corrected chi connectivity index (χ4v) is 2.25. The molecule has 0 spiro atoms. The van der Waals surface area contributed by atoms with E-state index in [2.05, 4.69) is 24.1 Å². The van der Waals surface area contributed by atoms with E-state index < -0.39 is 0 Å². The van der Waals surface area contributed by atoms with Gasteiger partial charge in [-0.1, -0.05) is 13.8 Å². The van der Waals surface area contributed by atoms with Crippen LogP contribution < -0.4 is 10.1 Å². The summed E-state index contributed by atoms with van der Waals surface area (Å²) in [7, 11) is 0. The van der Waals surface area contributed by atoms with Crippen LogP contribution in [0.25, 0.3) is 0 Å². The zero-order chi connectivity index (χ0) is 15.1. The number of nitrogens with zero attached hydrogens (tertiary/aromatic N) is 1. The average Bonchev–Trinajstić information content (AvgIpc) is 2.46. The van der Waals surface area contributed by atoms with Crippen LogP contribution in [0, 0.1) is 5.82 Å². The summed E-state index contributed by atoms with van der Waals surface area (Å²) in [6, 6.07) is 5.26. The monoisotopic (exact) mass is 296 g/mol. The second-order valence-corrected chi connectivity index (χ2v) is 5.63. The average molecular weight is 296 g/mol. The summed E-state index contributed by atoms with van der Waals surface area (Å²) < 4.78 is 24.6. The lowest BCUT2D eigenvalue weighted by atomic mass is 10.2. The van der Waals surface area contributed by atoms with Crippen molar-refractivity contribution in [2.75, 3.05) is 39.5 Å². The lowest BCUT2D eigenvalue weighted by molar-refractivity contribution is 0.0322. The SMILES string of the molecule is CC(C)NCc1cc(F)cc(OCCN2CCOCC2)c1. The number of hydrogen-bond donors (Lipinski definition) is 1. The topological polar surface area (TPSA) is 33.7 Å². The molecular formula is C16H25FN2O2. The maximum absolute atomic E-state index is 13.6. The van der Waals surface area contributed by atoms with E-state index in [1.165, 1.54) is 6.07 Å². The molecule has 1 heterocycles. The van der Waals surface area contributed by atoms with Gasteiger partial charge in [-0.25, -0.2) is 4.39 Å². The molecule has 2 rings (SSSR count). The summed E-state index contributed by atoms with van der Waals surface area (Å²) in [6.45, 7) is 9.65. The molecule has 5 heteroatoms. The van der Waals surface area contributed by atoms with E-state index in [4.69, 9.17) is 9.47 Å². The number of hydrogen-bond acceptors (Lipinski definition) is 4. The predicted molar refractivity (Wildman–Crippen MR) is 81.1 cm³/mol. The Balaban J connectivity index is 1.81. The quantitative estimate of drug-likeness (QED) is 0.835. The van der Waals surface area contributed by atoms with E-state index in [1.54, 1.807) is 6.07 Å². The molecule has 0 bridgehead atoms. The van der Waals surface area contributed by atoms with Crippen molar-refractivity contribution < 1.29 is 13.9 Å². The maximum atomic E-state index is 13.6. The Labute approximate surface area is 126 Å². The van der Waals surface area contributed by atoms with Gasteiger partial charge in [0, 0.05) is 38.3 Å². The molecule has 1 fully saturated rings. The molecule has 0 saturated carbocycles. The normalized spacial score (nSPS) is 16.4. The Kier molecular flexibility index (Phi) is 6.42. The molecule has 1 aromatic rings. The van der Waals surface area contributed by atoms with Crippen LogP contribution in [0.4, 0.5) is 4.39 Å². The van der Waals surface area contributed by atoms with Crippen LogP contribution in [-0.4, -0.2) is 50.4 Å². The minimum Gasteiger partial charge on any atom is -0.492 e.